The van der Waals surface area contributed by atoms with Crippen LogP contribution in [-0.2, 0) is 4.79 Å². The largest absolute Gasteiger partial charge is 0.409 e. The minimum Gasteiger partial charge on any atom is -0.409 e. The minimum absolute atomic E-state index is 0.0149. The van der Waals surface area contributed by atoms with Crippen LogP contribution in [0.3, 0.4) is 0 Å². The molecule has 1 rings (SSSR count). The van der Waals surface area contributed by atoms with E-state index in [9.17, 15) is 9.59 Å². The van der Waals surface area contributed by atoms with Crippen molar-refractivity contribution >= 4 is 17.6 Å². The lowest BCUT2D eigenvalue weighted by atomic mass is 10.1. The maximum Gasteiger partial charge on any atom is 0.254 e. The second kappa shape index (κ2) is 7.28. The number of nitrogens with one attached hydrogen (secondary N) is 1. The predicted octanol–water partition coefficient (Wildman–Crippen LogP) is 0.378. The van der Waals surface area contributed by atoms with Crippen LogP contribution in [0.4, 0.5) is 0 Å². The Morgan fingerprint density at radius 1 is 1.29 bits per heavy atom. The molecule has 0 atom stereocenters. The first-order chi connectivity index (χ1) is 9.85. The first kappa shape index (κ1) is 16.5. The van der Waals surface area contributed by atoms with Gasteiger partial charge < -0.3 is 21.2 Å². The summed E-state index contributed by atoms with van der Waals surface area (Å²) in [7, 11) is 1.56. The zero-order valence-corrected chi connectivity index (χ0v) is 12.3. The molecule has 0 aliphatic heterocycles. The monoisotopic (exact) mass is 292 g/mol. The fraction of sp³-hybridized carbons (Fsp3) is 0.357. The molecule has 0 unspecified atom stereocenters. The zero-order chi connectivity index (χ0) is 16.0. The molecule has 21 heavy (non-hydrogen) atoms. The highest BCUT2D eigenvalue weighted by molar-refractivity contribution is 6.00. The van der Waals surface area contributed by atoms with Crippen molar-refractivity contribution in [3.8, 4) is 0 Å². The summed E-state index contributed by atoms with van der Waals surface area (Å²) in [5.74, 6) is -0.521. The van der Waals surface area contributed by atoms with Gasteiger partial charge in [0, 0.05) is 24.2 Å². The van der Waals surface area contributed by atoms with Crippen molar-refractivity contribution in [2.75, 3.05) is 13.6 Å². The van der Waals surface area contributed by atoms with Crippen molar-refractivity contribution in [1.29, 1.82) is 0 Å². The van der Waals surface area contributed by atoms with Gasteiger partial charge in [0.25, 0.3) is 5.91 Å². The average molecular weight is 292 g/mol. The Labute approximate surface area is 123 Å². The molecule has 2 amide bonds. The SMILES string of the molecule is CC(C)NC(=O)CN(C)C(=O)c1ccc(C(N)=NO)cc1. The number of carbonyl (C=O) groups excluding carboxylic acids is 2. The highest BCUT2D eigenvalue weighted by atomic mass is 16.4. The highest BCUT2D eigenvalue weighted by Gasteiger charge is 2.15. The minimum atomic E-state index is -0.278. The number of likely N-dealkylation sites (N-methyl/N-ethyl adjacent to an activating group) is 1. The molecule has 7 nitrogen and oxygen atoms in total. The number of hydrogen-bond acceptors (Lipinski definition) is 4. The highest BCUT2D eigenvalue weighted by Crippen LogP contribution is 2.07. The molecule has 0 spiro atoms. The number of oxime groups is 1. The van der Waals surface area contributed by atoms with Gasteiger partial charge in [-0.05, 0) is 26.0 Å². The summed E-state index contributed by atoms with van der Waals surface area (Å²) < 4.78 is 0. The third-order valence-electron chi connectivity index (χ3n) is 2.71. The second-order valence-corrected chi connectivity index (χ2v) is 4.95. The van der Waals surface area contributed by atoms with Crippen molar-refractivity contribution in [2.45, 2.75) is 19.9 Å². The number of nitrogens with two attached hydrogens (primary N) is 1. The maximum atomic E-state index is 12.2. The molecule has 0 saturated heterocycles. The van der Waals surface area contributed by atoms with E-state index in [4.69, 9.17) is 10.9 Å². The number of benzene rings is 1. The lowest BCUT2D eigenvalue weighted by molar-refractivity contribution is -0.122. The molecule has 0 radical (unpaired) electrons. The van der Waals surface area contributed by atoms with Crippen LogP contribution in [0.15, 0.2) is 29.4 Å². The molecule has 0 heterocycles. The van der Waals surface area contributed by atoms with Gasteiger partial charge in [-0.1, -0.05) is 17.3 Å². The van der Waals surface area contributed by atoms with E-state index in [0.29, 0.717) is 11.1 Å². The second-order valence-electron chi connectivity index (χ2n) is 4.95. The van der Waals surface area contributed by atoms with E-state index in [1.165, 1.54) is 4.90 Å². The summed E-state index contributed by atoms with van der Waals surface area (Å²) in [5.41, 5.74) is 6.37. The van der Waals surface area contributed by atoms with Crippen LogP contribution in [0.2, 0.25) is 0 Å². The molecule has 4 N–H and O–H groups in total. The average Bonchev–Trinajstić information content (AvgIpc) is 2.44. The molecule has 1 aromatic carbocycles. The van der Waals surface area contributed by atoms with Crippen LogP contribution in [-0.4, -0.2) is 47.4 Å². The Bertz CT molecular complexity index is 538. The lowest BCUT2D eigenvalue weighted by Gasteiger charge is -2.18. The summed E-state index contributed by atoms with van der Waals surface area (Å²) in [6.45, 7) is 3.69. The van der Waals surface area contributed by atoms with Gasteiger partial charge >= 0.3 is 0 Å². The van der Waals surface area contributed by atoms with Crippen molar-refractivity contribution in [3.05, 3.63) is 35.4 Å². The van der Waals surface area contributed by atoms with Crippen LogP contribution in [0.1, 0.15) is 29.8 Å². The van der Waals surface area contributed by atoms with Crippen LogP contribution in [0.25, 0.3) is 0 Å². The smallest absolute Gasteiger partial charge is 0.254 e. The molecule has 0 aliphatic rings. The van der Waals surface area contributed by atoms with Crippen LogP contribution < -0.4 is 11.1 Å². The molecular formula is C14H20N4O3. The molecule has 0 aromatic heterocycles. The normalized spacial score (nSPS) is 11.3. The standard InChI is InChI=1S/C14H20N4O3/c1-9(2)16-12(19)8-18(3)14(20)11-6-4-10(5-7-11)13(15)17-21/h4-7,9,21H,8H2,1-3H3,(H2,15,17)(H,16,19). The van der Waals surface area contributed by atoms with Crippen molar-refractivity contribution in [3.63, 3.8) is 0 Å². The van der Waals surface area contributed by atoms with Crippen molar-refractivity contribution in [2.24, 2.45) is 10.9 Å². The molecule has 0 bridgehead atoms. The topological polar surface area (TPSA) is 108 Å². The Morgan fingerprint density at radius 3 is 2.29 bits per heavy atom. The number of nitrogens with zero attached hydrogens (tertiary/aromatic N) is 2. The first-order valence-electron chi connectivity index (χ1n) is 6.48. The molecule has 0 fully saturated rings. The molecule has 114 valence electrons. The number of hydrogen-bond donors (Lipinski definition) is 3. The summed E-state index contributed by atoms with van der Waals surface area (Å²) in [5, 5.41) is 14.2. The van der Waals surface area contributed by atoms with Crippen LogP contribution in [0, 0.1) is 0 Å². The van der Waals surface area contributed by atoms with E-state index < -0.39 is 0 Å². The molecular weight excluding hydrogens is 272 g/mol. The van der Waals surface area contributed by atoms with Crippen LogP contribution in [0.5, 0.6) is 0 Å². The van der Waals surface area contributed by atoms with Gasteiger partial charge in [0.15, 0.2) is 5.84 Å². The van der Waals surface area contributed by atoms with Gasteiger partial charge in [-0.3, -0.25) is 9.59 Å². The van der Waals surface area contributed by atoms with Gasteiger partial charge in [0.1, 0.15) is 0 Å². The Morgan fingerprint density at radius 2 is 1.81 bits per heavy atom. The third kappa shape index (κ3) is 4.79. The summed E-state index contributed by atoms with van der Waals surface area (Å²) >= 11 is 0. The quantitative estimate of drug-likeness (QED) is 0.315. The summed E-state index contributed by atoms with van der Waals surface area (Å²) in [6, 6.07) is 6.30. The first-order valence-corrected chi connectivity index (χ1v) is 6.48. The van der Waals surface area contributed by atoms with E-state index in [1.807, 2.05) is 13.8 Å². The molecule has 7 heteroatoms. The number of amides is 2. The third-order valence-corrected chi connectivity index (χ3v) is 2.71. The fourth-order valence-corrected chi connectivity index (χ4v) is 1.72. The molecule has 0 aliphatic carbocycles. The number of carbonyl (C=O) groups is 2. The van der Waals surface area contributed by atoms with E-state index in [0.717, 1.165) is 0 Å². The van der Waals surface area contributed by atoms with Crippen molar-refractivity contribution in [1.82, 2.24) is 10.2 Å². The summed E-state index contributed by atoms with van der Waals surface area (Å²) in [6.07, 6.45) is 0. The van der Waals surface area contributed by atoms with E-state index in [1.54, 1.807) is 31.3 Å². The van der Waals surface area contributed by atoms with Gasteiger partial charge in [-0.15, -0.1) is 0 Å². The van der Waals surface area contributed by atoms with Gasteiger partial charge in [0.05, 0.1) is 6.54 Å². The molecule has 1 aromatic rings. The van der Waals surface area contributed by atoms with Crippen LogP contribution >= 0.6 is 0 Å². The lowest BCUT2D eigenvalue weighted by Crippen LogP contribution is -2.40. The zero-order valence-electron chi connectivity index (χ0n) is 12.3. The molecule has 0 saturated carbocycles. The Balaban J connectivity index is 2.72. The van der Waals surface area contributed by atoms with Crippen molar-refractivity contribution < 1.29 is 14.8 Å². The van der Waals surface area contributed by atoms with Gasteiger partial charge in [-0.2, -0.15) is 0 Å². The Kier molecular flexibility index (Phi) is 5.71. The van der Waals surface area contributed by atoms with Gasteiger partial charge in [-0.25, -0.2) is 0 Å². The van der Waals surface area contributed by atoms with E-state index in [-0.39, 0.29) is 30.2 Å². The number of amidine groups is 1. The summed E-state index contributed by atoms with van der Waals surface area (Å²) in [4.78, 5) is 25.1. The maximum absolute atomic E-state index is 12.2. The van der Waals surface area contributed by atoms with E-state index in [2.05, 4.69) is 10.5 Å². The number of rotatable bonds is 5. The fourth-order valence-electron chi connectivity index (χ4n) is 1.72. The van der Waals surface area contributed by atoms with Gasteiger partial charge in [0.2, 0.25) is 5.91 Å². The Hall–Kier alpha value is -2.57. The predicted molar refractivity (Wildman–Crippen MR) is 79.2 cm³/mol. The van der Waals surface area contributed by atoms with E-state index >= 15 is 0 Å².